The highest BCUT2D eigenvalue weighted by Crippen LogP contribution is 2.19. The molecule has 2 aromatic heterocycles. The van der Waals surface area contributed by atoms with Crippen LogP contribution in [0.2, 0.25) is 0 Å². The molecule has 9 N–H and O–H groups in total. The summed E-state index contributed by atoms with van der Waals surface area (Å²) in [6, 6.07) is 2.83. The number of aliphatic hydroxyl groups is 1. The number of aliphatic hydroxyl groups excluding tert-OH is 1. The molecule has 5 unspecified atom stereocenters. The van der Waals surface area contributed by atoms with Crippen LogP contribution in [0.4, 0.5) is 0 Å². The second-order valence-corrected chi connectivity index (χ2v) is 9.81. The van der Waals surface area contributed by atoms with Gasteiger partial charge in [-0.05, 0) is 30.9 Å². The van der Waals surface area contributed by atoms with Crippen LogP contribution in [-0.2, 0) is 32.0 Å². The maximum absolute atomic E-state index is 13.3. The maximum atomic E-state index is 13.3. The molecule has 3 amide bonds. The van der Waals surface area contributed by atoms with Crippen LogP contribution in [-0.4, -0.2) is 79.1 Å². The number of amides is 3. The number of aromatic amines is 2. The lowest BCUT2D eigenvalue weighted by molar-refractivity contribution is -0.145. The third-order valence-electron chi connectivity index (χ3n) is 6.36. The van der Waals surface area contributed by atoms with Crippen LogP contribution in [0.15, 0.2) is 43.0 Å². The molecular formula is C26H35N7O6. The van der Waals surface area contributed by atoms with Gasteiger partial charge in [0.25, 0.3) is 0 Å². The van der Waals surface area contributed by atoms with Crippen molar-refractivity contribution in [2.45, 2.75) is 63.9 Å². The van der Waals surface area contributed by atoms with Crippen molar-refractivity contribution in [3.05, 3.63) is 54.2 Å². The van der Waals surface area contributed by atoms with Gasteiger partial charge in [-0.1, -0.05) is 32.0 Å². The van der Waals surface area contributed by atoms with Gasteiger partial charge in [0.05, 0.1) is 18.5 Å². The summed E-state index contributed by atoms with van der Waals surface area (Å²) in [6.07, 6.45) is 3.62. The van der Waals surface area contributed by atoms with Crippen LogP contribution in [0.25, 0.3) is 10.9 Å². The first-order chi connectivity index (χ1) is 18.5. The Morgan fingerprint density at radius 1 is 0.949 bits per heavy atom. The number of nitrogens with zero attached hydrogens (tertiary/aromatic N) is 1. The number of benzene rings is 1. The van der Waals surface area contributed by atoms with Crippen LogP contribution in [0, 0.1) is 5.92 Å². The molecule has 0 saturated carbocycles. The number of carboxylic acids is 1. The predicted molar refractivity (Wildman–Crippen MR) is 142 cm³/mol. The molecule has 13 heteroatoms. The second kappa shape index (κ2) is 13.0. The Bertz CT molecular complexity index is 1290. The van der Waals surface area contributed by atoms with Crippen molar-refractivity contribution >= 4 is 34.6 Å². The molecule has 0 aliphatic rings. The number of carboxylic acid groups (broad SMARTS) is 1. The number of hydrogen-bond donors (Lipinski definition) is 8. The number of imidazole rings is 1. The van der Waals surface area contributed by atoms with E-state index in [1.165, 1.54) is 19.4 Å². The molecule has 0 aliphatic carbocycles. The standard InChI is InChI=1S/C26H35N7O6/c1-13(2)21(25(37)33-22(14(3)34)26(38)39)32-24(36)20(9-16-11-28-12-30-16)31-23(35)18(27)8-15-10-29-19-7-5-4-6-17(15)19/h4-7,10-14,18,20-22,29,34H,8-9,27H2,1-3H3,(H,28,30)(H,31,35)(H,32,36)(H,33,37)(H,38,39). The molecule has 39 heavy (non-hydrogen) atoms. The number of hydrogen-bond acceptors (Lipinski definition) is 7. The normalized spacial score (nSPS) is 15.2. The minimum absolute atomic E-state index is 0.0369. The number of para-hydroxylation sites is 1. The number of nitrogens with two attached hydrogens (primary N) is 1. The summed E-state index contributed by atoms with van der Waals surface area (Å²) in [5.41, 5.74) is 8.54. The van der Waals surface area contributed by atoms with Gasteiger partial charge in [-0.3, -0.25) is 14.4 Å². The molecule has 210 valence electrons. The summed E-state index contributed by atoms with van der Waals surface area (Å²) < 4.78 is 0. The highest BCUT2D eigenvalue weighted by atomic mass is 16.4. The van der Waals surface area contributed by atoms with E-state index in [1.54, 1.807) is 20.0 Å². The summed E-state index contributed by atoms with van der Waals surface area (Å²) in [6.45, 7) is 4.57. The zero-order chi connectivity index (χ0) is 28.7. The Kier molecular flexibility index (Phi) is 9.79. The number of carbonyl (C=O) groups is 4. The van der Waals surface area contributed by atoms with Crippen molar-refractivity contribution < 1.29 is 29.4 Å². The SMILES string of the molecule is CC(C)C(NC(=O)C(Cc1cnc[nH]1)NC(=O)C(N)Cc1c[nH]c2ccccc12)C(=O)NC(C(=O)O)C(C)O. The minimum atomic E-state index is -1.56. The Balaban J connectivity index is 1.74. The number of aliphatic carboxylic acids is 1. The van der Waals surface area contributed by atoms with Crippen LogP contribution < -0.4 is 21.7 Å². The van der Waals surface area contributed by atoms with E-state index in [9.17, 15) is 29.4 Å². The fourth-order valence-corrected chi connectivity index (χ4v) is 4.15. The molecule has 0 radical (unpaired) electrons. The predicted octanol–water partition coefficient (Wildman–Crippen LogP) is -0.421. The smallest absolute Gasteiger partial charge is 0.328 e. The van der Waals surface area contributed by atoms with Gasteiger partial charge in [-0.2, -0.15) is 0 Å². The van der Waals surface area contributed by atoms with E-state index in [-0.39, 0.29) is 12.8 Å². The summed E-state index contributed by atoms with van der Waals surface area (Å²) in [4.78, 5) is 60.7. The van der Waals surface area contributed by atoms with Gasteiger partial charge < -0.3 is 41.9 Å². The summed E-state index contributed by atoms with van der Waals surface area (Å²) in [7, 11) is 0. The number of nitrogens with one attached hydrogen (secondary N) is 5. The first-order valence-electron chi connectivity index (χ1n) is 12.6. The topological polar surface area (TPSA) is 215 Å². The molecule has 13 nitrogen and oxygen atoms in total. The molecule has 0 aliphatic heterocycles. The van der Waals surface area contributed by atoms with Gasteiger partial charge in [0, 0.05) is 35.4 Å². The highest BCUT2D eigenvalue weighted by molar-refractivity contribution is 5.94. The summed E-state index contributed by atoms with van der Waals surface area (Å²) in [5.74, 6) is -3.87. The number of H-pyrrole nitrogens is 2. The molecule has 0 saturated heterocycles. The number of aromatic nitrogens is 3. The van der Waals surface area contributed by atoms with Crippen LogP contribution in [0.1, 0.15) is 32.0 Å². The van der Waals surface area contributed by atoms with E-state index in [1.807, 2.05) is 24.3 Å². The van der Waals surface area contributed by atoms with E-state index in [0.717, 1.165) is 16.5 Å². The lowest BCUT2D eigenvalue weighted by Gasteiger charge is -2.27. The van der Waals surface area contributed by atoms with E-state index >= 15 is 0 Å². The maximum Gasteiger partial charge on any atom is 0.328 e. The highest BCUT2D eigenvalue weighted by Gasteiger charge is 2.33. The first kappa shape index (κ1) is 29.3. The van der Waals surface area contributed by atoms with Crippen molar-refractivity contribution in [3.8, 4) is 0 Å². The molecule has 3 aromatic rings. The van der Waals surface area contributed by atoms with Crippen molar-refractivity contribution in [2.75, 3.05) is 0 Å². The van der Waals surface area contributed by atoms with Crippen molar-refractivity contribution in [1.29, 1.82) is 0 Å². The van der Waals surface area contributed by atoms with Gasteiger partial charge in [0.15, 0.2) is 6.04 Å². The van der Waals surface area contributed by atoms with Gasteiger partial charge in [-0.25, -0.2) is 9.78 Å². The Morgan fingerprint density at radius 2 is 1.64 bits per heavy atom. The molecule has 5 atom stereocenters. The molecule has 0 spiro atoms. The zero-order valence-corrected chi connectivity index (χ0v) is 22.0. The van der Waals surface area contributed by atoms with E-state index in [2.05, 4.69) is 30.9 Å². The first-order valence-corrected chi connectivity index (χ1v) is 12.6. The summed E-state index contributed by atoms with van der Waals surface area (Å²) >= 11 is 0. The molecule has 0 bridgehead atoms. The second-order valence-electron chi connectivity index (χ2n) is 9.81. The van der Waals surface area contributed by atoms with E-state index in [0.29, 0.717) is 5.69 Å². The van der Waals surface area contributed by atoms with Crippen LogP contribution in [0.5, 0.6) is 0 Å². The number of carbonyl (C=O) groups excluding carboxylic acids is 3. The third kappa shape index (κ3) is 7.65. The molecule has 3 rings (SSSR count). The Morgan fingerprint density at radius 3 is 2.26 bits per heavy atom. The fraction of sp³-hybridized carbons (Fsp3) is 0.423. The lowest BCUT2D eigenvalue weighted by Crippen LogP contribution is -2.60. The van der Waals surface area contributed by atoms with Gasteiger partial charge in [-0.15, -0.1) is 0 Å². The van der Waals surface area contributed by atoms with Gasteiger partial charge in [0.2, 0.25) is 17.7 Å². The molecule has 0 fully saturated rings. The van der Waals surface area contributed by atoms with Crippen LogP contribution in [0.3, 0.4) is 0 Å². The van der Waals surface area contributed by atoms with Crippen molar-refractivity contribution in [2.24, 2.45) is 11.7 Å². The summed E-state index contributed by atoms with van der Waals surface area (Å²) in [5, 5.41) is 27.5. The molecular weight excluding hydrogens is 506 g/mol. The van der Waals surface area contributed by atoms with E-state index < -0.39 is 59.9 Å². The number of rotatable bonds is 13. The van der Waals surface area contributed by atoms with Crippen molar-refractivity contribution in [3.63, 3.8) is 0 Å². The third-order valence-corrected chi connectivity index (χ3v) is 6.36. The van der Waals surface area contributed by atoms with Gasteiger partial charge in [0.1, 0.15) is 12.1 Å². The molecule has 1 aromatic carbocycles. The molecule has 2 heterocycles. The van der Waals surface area contributed by atoms with Crippen molar-refractivity contribution in [1.82, 2.24) is 30.9 Å². The average molecular weight is 542 g/mol. The largest absolute Gasteiger partial charge is 0.480 e. The minimum Gasteiger partial charge on any atom is -0.480 e. The lowest BCUT2D eigenvalue weighted by atomic mass is 10.0. The van der Waals surface area contributed by atoms with E-state index in [4.69, 9.17) is 5.73 Å². The monoisotopic (exact) mass is 541 g/mol. The Hall–Kier alpha value is -4.23. The fourth-order valence-electron chi connectivity index (χ4n) is 4.15. The quantitative estimate of drug-likeness (QED) is 0.142. The average Bonchev–Trinajstić information content (AvgIpc) is 3.54. The zero-order valence-electron chi connectivity index (χ0n) is 22.0. The van der Waals surface area contributed by atoms with Gasteiger partial charge >= 0.3 is 5.97 Å². The Labute approximate surface area is 225 Å². The van der Waals surface area contributed by atoms with Crippen LogP contribution >= 0.6 is 0 Å². The number of fused-ring (bicyclic) bond motifs is 1.